The van der Waals surface area contributed by atoms with Crippen LogP contribution in [-0.4, -0.2) is 33.6 Å². The van der Waals surface area contributed by atoms with Gasteiger partial charge in [-0.2, -0.15) is 13.2 Å². The number of rotatable bonds is 7. The summed E-state index contributed by atoms with van der Waals surface area (Å²) in [5.74, 6) is -0.606. The van der Waals surface area contributed by atoms with Gasteiger partial charge in [-0.15, -0.1) is 0 Å². The number of halogens is 5. The highest BCUT2D eigenvalue weighted by Crippen LogP contribution is 2.45. The Morgan fingerprint density at radius 3 is 2.52 bits per heavy atom. The summed E-state index contributed by atoms with van der Waals surface area (Å²) in [6.07, 6.45) is -1.09. The number of carbonyl (C=O) groups is 1. The molecule has 2 N–H and O–H groups in total. The van der Waals surface area contributed by atoms with Crippen molar-refractivity contribution in [1.82, 2.24) is 15.3 Å². The number of benzene rings is 1. The average Bonchev–Trinajstić information content (AvgIpc) is 2.67. The Hall–Kier alpha value is -2.62. The average molecular weight is 461 g/mol. The summed E-state index contributed by atoms with van der Waals surface area (Å²) >= 11 is 5.61. The maximum atomic E-state index is 13.4. The lowest BCUT2D eigenvalue weighted by atomic mass is 9.62. The molecule has 0 aliphatic heterocycles. The highest BCUT2D eigenvalue weighted by atomic mass is 35.5. The van der Waals surface area contributed by atoms with E-state index < -0.39 is 28.8 Å². The summed E-state index contributed by atoms with van der Waals surface area (Å²) in [5, 5.41) is 5.98. The van der Waals surface area contributed by atoms with Crippen LogP contribution >= 0.6 is 11.6 Å². The smallest absolute Gasteiger partial charge is 0.434 e. The van der Waals surface area contributed by atoms with Gasteiger partial charge in [0.1, 0.15) is 17.4 Å². The maximum absolute atomic E-state index is 13.4. The van der Waals surface area contributed by atoms with Crippen LogP contribution in [0.15, 0.2) is 30.6 Å². The first-order valence-electron chi connectivity index (χ1n) is 9.50. The molecule has 0 radical (unpaired) electrons. The molecule has 0 atom stereocenters. The molecule has 0 spiro atoms. The zero-order valence-electron chi connectivity index (χ0n) is 16.8. The van der Waals surface area contributed by atoms with Crippen LogP contribution in [0.2, 0.25) is 5.02 Å². The molecule has 31 heavy (non-hydrogen) atoms. The highest BCUT2D eigenvalue weighted by molar-refractivity contribution is 6.30. The molecule has 3 rings (SSSR count). The number of anilines is 1. The van der Waals surface area contributed by atoms with Crippen molar-refractivity contribution in [2.24, 2.45) is 0 Å². The van der Waals surface area contributed by atoms with Crippen LogP contribution in [0.4, 0.5) is 23.4 Å². The lowest BCUT2D eigenvalue weighted by Crippen LogP contribution is -2.66. The van der Waals surface area contributed by atoms with E-state index in [2.05, 4.69) is 20.6 Å². The van der Waals surface area contributed by atoms with Crippen LogP contribution in [0, 0.1) is 5.82 Å². The number of alkyl halides is 3. The van der Waals surface area contributed by atoms with Crippen LogP contribution in [0.3, 0.4) is 0 Å². The van der Waals surface area contributed by atoms with Gasteiger partial charge in [0.25, 0.3) is 5.91 Å². The van der Waals surface area contributed by atoms with Gasteiger partial charge in [0.15, 0.2) is 12.3 Å². The summed E-state index contributed by atoms with van der Waals surface area (Å²) in [7, 11) is 0. The predicted octanol–water partition coefficient (Wildman–Crippen LogP) is 4.60. The fourth-order valence-electron chi connectivity index (χ4n) is 3.86. The summed E-state index contributed by atoms with van der Waals surface area (Å²) in [6.45, 7) is 3.50. The van der Waals surface area contributed by atoms with Crippen molar-refractivity contribution in [3.05, 3.63) is 47.1 Å². The minimum absolute atomic E-state index is 0.0417. The number of nitrogens with one attached hydrogen (secondary N) is 2. The zero-order valence-corrected chi connectivity index (χ0v) is 17.6. The van der Waals surface area contributed by atoms with Gasteiger partial charge < -0.3 is 15.4 Å². The van der Waals surface area contributed by atoms with Crippen LogP contribution in [0.25, 0.3) is 0 Å². The molecule has 1 aromatic carbocycles. The van der Waals surface area contributed by atoms with E-state index in [9.17, 15) is 22.4 Å². The van der Waals surface area contributed by atoms with Crippen molar-refractivity contribution in [3.8, 4) is 5.75 Å². The van der Waals surface area contributed by atoms with Crippen molar-refractivity contribution in [3.63, 3.8) is 0 Å². The number of ether oxygens (including phenoxy) is 1. The Balaban J connectivity index is 1.53. The number of aromatic nitrogens is 2. The van der Waals surface area contributed by atoms with Gasteiger partial charge in [0.05, 0.1) is 17.4 Å². The Bertz CT molecular complexity index is 947. The van der Waals surface area contributed by atoms with Crippen LogP contribution in [0.5, 0.6) is 5.75 Å². The van der Waals surface area contributed by atoms with E-state index in [1.807, 2.05) is 13.8 Å². The molecule has 168 valence electrons. The van der Waals surface area contributed by atoms with Gasteiger partial charge in [-0.25, -0.2) is 14.4 Å². The standard InChI is InChI=1S/C20H21ClF4N4O2/c1-3-19(28-16-8-26-15(7-27-16)20(23,24)25)10-18(2,11-19)29-17(30)9-31-12-4-5-13(21)14(22)6-12/h4-8H,3,9-11H2,1-2H3,(H,27,28)(H,29,30). The SMILES string of the molecule is CCC1(Nc2cnc(C(F)(F)F)cn2)CC(C)(NC(=O)COc2ccc(Cl)c(F)c2)C1. The minimum atomic E-state index is -4.55. The molecule has 1 aromatic heterocycles. The number of hydrogen-bond donors (Lipinski definition) is 2. The second kappa shape index (κ2) is 8.49. The van der Waals surface area contributed by atoms with Crippen LogP contribution in [0.1, 0.15) is 38.8 Å². The van der Waals surface area contributed by atoms with Crippen molar-refractivity contribution >= 4 is 23.3 Å². The molecule has 1 aliphatic rings. The second-order valence-corrected chi connectivity index (χ2v) is 8.28. The molecule has 1 fully saturated rings. The first-order valence-corrected chi connectivity index (χ1v) is 9.88. The highest BCUT2D eigenvalue weighted by Gasteiger charge is 2.52. The molecule has 1 amide bonds. The van der Waals surface area contributed by atoms with E-state index in [1.54, 1.807) is 0 Å². The predicted molar refractivity (Wildman–Crippen MR) is 106 cm³/mol. The Kier molecular flexibility index (Phi) is 6.31. The Morgan fingerprint density at radius 1 is 1.26 bits per heavy atom. The van der Waals surface area contributed by atoms with Gasteiger partial charge >= 0.3 is 6.18 Å². The molecule has 0 saturated heterocycles. The third-order valence-corrected chi connectivity index (χ3v) is 5.48. The second-order valence-electron chi connectivity index (χ2n) is 7.87. The molecule has 0 bridgehead atoms. The largest absolute Gasteiger partial charge is 0.484 e. The molecule has 1 aliphatic carbocycles. The summed E-state index contributed by atoms with van der Waals surface area (Å²) in [6, 6.07) is 3.89. The van der Waals surface area contributed by atoms with Crippen molar-refractivity contribution < 1.29 is 27.1 Å². The Morgan fingerprint density at radius 2 is 1.97 bits per heavy atom. The van der Waals surface area contributed by atoms with Crippen LogP contribution in [-0.2, 0) is 11.0 Å². The molecule has 6 nitrogen and oxygen atoms in total. The van der Waals surface area contributed by atoms with Crippen molar-refractivity contribution in [2.75, 3.05) is 11.9 Å². The van der Waals surface area contributed by atoms with E-state index in [4.69, 9.17) is 16.3 Å². The maximum Gasteiger partial charge on any atom is 0.434 e. The molecule has 11 heteroatoms. The van der Waals surface area contributed by atoms with Crippen LogP contribution < -0.4 is 15.4 Å². The van der Waals surface area contributed by atoms with Crippen molar-refractivity contribution in [1.29, 1.82) is 0 Å². The number of amides is 1. The normalized spacial score (nSPS) is 23.1. The first-order chi connectivity index (χ1) is 14.4. The van der Waals surface area contributed by atoms with E-state index in [-0.39, 0.29) is 29.1 Å². The quantitative estimate of drug-likeness (QED) is 0.591. The number of nitrogens with zero attached hydrogens (tertiary/aromatic N) is 2. The van der Waals surface area contributed by atoms with Gasteiger partial charge in [-0.3, -0.25) is 4.79 Å². The van der Waals surface area contributed by atoms with Gasteiger partial charge in [0.2, 0.25) is 0 Å². The molecule has 2 aromatic rings. The third-order valence-electron chi connectivity index (χ3n) is 5.17. The van der Waals surface area contributed by atoms with Gasteiger partial charge in [-0.1, -0.05) is 18.5 Å². The molecular weight excluding hydrogens is 440 g/mol. The van der Waals surface area contributed by atoms with Gasteiger partial charge in [-0.05, 0) is 38.3 Å². The van der Waals surface area contributed by atoms with E-state index in [0.717, 1.165) is 12.3 Å². The molecule has 0 unspecified atom stereocenters. The fourth-order valence-corrected chi connectivity index (χ4v) is 3.97. The topological polar surface area (TPSA) is 76.1 Å². The number of carbonyl (C=O) groups excluding carboxylic acids is 1. The Labute approximate surface area is 181 Å². The number of hydrogen-bond acceptors (Lipinski definition) is 5. The zero-order chi connectivity index (χ0) is 22.9. The fraction of sp³-hybridized carbons (Fsp3) is 0.450. The molecule has 1 saturated carbocycles. The monoisotopic (exact) mass is 460 g/mol. The van der Waals surface area contributed by atoms with Crippen molar-refractivity contribution in [2.45, 2.75) is 50.4 Å². The van der Waals surface area contributed by atoms with Gasteiger partial charge in [0, 0.05) is 17.1 Å². The first kappa shape index (κ1) is 23.1. The third kappa shape index (κ3) is 5.55. The lowest BCUT2D eigenvalue weighted by molar-refractivity contribution is -0.141. The molecule has 1 heterocycles. The minimum Gasteiger partial charge on any atom is -0.484 e. The molecular formula is C20H21ClF4N4O2. The van der Waals surface area contributed by atoms with E-state index in [0.29, 0.717) is 25.5 Å². The van der Waals surface area contributed by atoms with E-state index in [1.165, 1.54) is 12.1 Å². The van der Waals surface area contributed by atoms with E-state index >= 15 is 0 Å². The summed E-state index contributed by atoms with van der Waals surface area (Å²) in [4.78, 5) is 19.5. The summed E-state index contributed by atoms with van der Waals surface area (Å²) < 4.78 is 56.6. The summed E-state index contributed by atoms with van der Waals surface area (Å²) in [5.41, 5.74) is -2.03. The lowest BCUT2D eigenvalue weighted by Gasteiger charge is -2.55.